The number of hydrogen-bond acceptors (Lipinski definition) is 3. The fourth-order valence-electron chi connectivity index (χ4n) is 4.21. The van der Waals surface area contributed by atoms with Gasteiger partial charge in [0.15, 0.2) is 6.10 Å². The minimum atomic E-state index is -1.24. The van der Waals surface area contributed by atoms with Crippen LogP contribution in [0, 0.1) is 11.8 Å². The molecule has 0 amide bonds. The van der Waals surface area contributed by atoms with Crippen molar-refractivity contribution in [2.24, 2.45) is 0 Å². The van der Waals surface area contributed by atoms with E-state index in [1.54, 1.807) is 12.1 Å². The summed E-state index contributed by atoms with van der Waals surface area (Å²) in [5.41, 5.74) is 0.431. The van der Waals surface area contributed by atoms with E-state index in [1.807, 2.05) is 83.1 Å². The number of aliphatic carboxylic acids is 1. The predicted molar refractivity (Wildman–Crippen MR) is 142 cm³/mol. The highest BCUT2D eigenvalue weighted by Crippen LogP contribution is 2.33. The van der Waals surface area contributed by atoms with E-state index in [0.717, 1.165) is 21.9 Å². The van der Waals surface area contributed by atoms with Gasteiger partial charge in [-0.25, -0.2) is 4.79 Å². The molecule has 0 aromatic heterocycles. The molecule has 0 bridgehead atoms. The summed E-state index contributed by atoms with van der Waals surface area (Å²) < 4.78 is 5.94. The maximum absolute atomic E-state index is 12.2. The summed E-state index contributed by atoms with van der Waals surface area (Å²) in [5.74, 6) is 4.98. The van der Waals surface area contributed by atoms with E-state index in [4.69, 9.17) is 16.3 Å². The Morgan fingerprint density at radius 2 is 1.71 bits per heavy atom. The molecule has 4 nitrogen and oxygen atoms in total. The third-order valence-corrected chi connectivity index (χ3v) is 6.50. The minimum absolute atomic E-state index is 0.236. The monoisotopic (exact) mass is 492 g/mol. The van der Waals surface area contributed by atoms with Gasteiger partial charge in [0.2, 0.25) is 0 Å². The van der Waals surface area contributed by atoms with Crippen LogP contribution in [0.1, 0.15) is 69.8 Å². The molecule has 0 aliphatic carbocycles. The molecule has 0 heterocycles. The summed E-state index contributed by atoms with van der Waals surface area (Å²) in [4.78, 5) is 12.2. The van der Waals surface area contributed by atoms with Gasteiger partial charge in [-0.1, -0.05) is 85.8 Å². The van der Waals surface area contributed by atoms with Crippen molar-refractivity contribution >= 4 is 28.3 Å². The van der Waals surface area contributed by atoms with Gasteiger partial charge >= 0.3 is 5.97 Å². The van der Waals surface area contributed by atoms with Crippen LogP contribution in [0.4, 0.5) is 0 Å². The Hall–Kier alpha value is -2.84. The Kier molecular flexibility index (Phi) is 8.28. The van der Waals surface area contributed by atoms with E-state index >= 15 is 0 Å². The highest BCUT2D eigenvalue weighted by molar-refractivity contribution is 6.30. The standard InChI is InChI=1S/C30H33ClO4/c1-6-30(34,20(2)21-13-16-23(31)17-14-21)19-9-12-25-24-11-8-7-10-22(24)15-18-26(25)27(28(32)33)35-29(3,4)5/h7-8,10-11,13-18,20,27,34H,6,12H2,1-5H3,(H,32,33). The first-order valence-electron chi connectivity index (χ1n) is 11.8. The number of carboxylic acids is 1. The molecular formula is C30H33ClO4. The molecule has 0 aliphatic rings. The van der Waals surface area contributed by atoms with Crippen LogP contribution >= 0.6 is 11.6 Å². The van der Waals surface area contributed by atoms with Crippen LogP contribution in [0.3, 0.4) is 0 Å². The van der Waals surface area contributed by atoms with Crippen LogP contribution in [0.5, 0.6) is 0 Å². The lowest BCUT2D eigenvalue weighted by Crippen LogP contribution is -2.32. The summed E-state index contributed by atoms with van der Waals surface area (Å²) >= 11 is 6.02. The average Bonchev–Trinajstić information content (AvgIpc) is 2.82. The molecule has 3 unspecified atom stereocenters. The van der Waals surface area contributed by atoms with Crippen molar-refractivity contribution in [1.29, 1.82) is 0 Å². The predicted octanol–water partition coefficient (Wildman–Crippen LogP) is 6.92. The first-order chi connectivity index (χ1) is 16.4. The summed E-state index contributed by atoms with van der Waals surface area (Å²) in [6.45, 7) is 9.36. The molecule has 0 radical (unpaired) electrons. The highest BCUT2D eigenvalue weighted by atomic mass is 35.5. The lowest BCUT2D eigenvalue weighted by atomic mass is 9.81. The Morgan fingerprint density at radius 3 is 2.31 bits per heavy atom. The summed E-state index contributed by atoms with van der Waals surface area (Å²) in [6.07, 6.45) is -0.407. The lowest BCUT2D eigenvalue weighted by Gasteiger charge is -2.29. The molecule has 3 atom stereocenters. The number of hydrogen-bond donors (Lipinski definition) is 2. The normalized spacial score (nSPS) is 15.1. The molecule has 0 saturated carbocycles. The first-order valence-corrected chi connectivity index (χ1v) is 12.2. The van der Waals surface area contributed by atoms with Gasteiger partial charge in [-0.15, -0.1) is 0 Å². The van der Waals surface area contributed by atoms with Crippen LogP contribution in [-0.4, -0.2) is 27.4 Å². The fourth-order valence-corrected chi connectivity index (χ4v) is 4.34. The zero-order chi connectivity index (χ0) is 25.8. The van der Waals surface area contributed by atoms with Gasteiger partial charge in [0.05, 0.1) is 5.60 Å². The highest BCUT2D eigenvalue weighted by Gasteiger charge is 2.32. The smallest absolute Gasteiger partial charge is 0.337 e. The molecular weight excluding hydrogens is 460 g/mol. The van der Waals surface area contributed by atoms with Gasteiger partial charge < -0.3 is 14.9 Å². The molecule has 3 aromatic carbocycles. The van der Waals surface area contributed by atoms with E-state index in [2.05, 4.69) is 11.8 Å². The van der Waals surface area contributed by atoms with Crippen molar-refractivity contribution in [3.63, 3.8) is 0 Å². The quantitative estimate of drug-likeness (QED) is 0.351. The summed E-state index contributed by atoms with van der Waals surface area (Å²) in [5, 5.41) is 23.9. The molecule has 2 N–H and O–H groups in total. The van der Waals surface area contributed by atoms with E-state index in [0.29, 0.717) is 17.0 Å². The van der Waals surface area contributed by atoms with E-state index in [1.165, 1.54) is 0 Å². The van der Waals surface area contributed by atoms with Gasteiger partial charge in [0, 0.05) is 17.4 Å². The molecule has 35 heavy (non-hydrogen) atoms. The summed E-state index contributed by atoms with van der Waals surface area (Å²) in [6, 6.07) is 19.0. The van der Waals surface area contributed by atoms with Gasteiger partial charge in [-0.05, 0) is 66.8 Å². The van der Waals surface area contributed by atoms with Gasteiger partial charge in [-0.2, -0.15) is 0 Å². The Bertz CT molecular complexity index is 1250. The van der Waals surface area contributed by atoms with Crippen LogP contribution < -0.4 is 0 Å². The van der Waals surface area contributed by atoms with Crippen molar-refractivity contribution in [2.75, 3.05) is 0 Å². The Balaban J connectivity index is 2.04. The maximum Gasteiger partial charge on any atom is 0.337 e. The lowest BCUT2D eigenvalue weighted by molar-refractivity contribution is -0.160. The number of halogens is 1. The van der Waals surface area contributed by atoms with Crippen LogP contribution in [-0.2, 0) is 16.0 Å². The van der Waals surface area contributed by atoms with Gasteiger partial charge in [0.25, 0.3) is 0 Å². The Morgan fingerprint density at radius 1 is 1.06 bits per heavy atom. The maximum atomic E-state index is 12.2. The van der Waals surface area contributed by atoms with E-state index < -0.39 is 23.3 Å². The number of aliphatic hydroxyl groups is 1. The molecule has 0 aliphatic heterocycles. The van der Waals surface area contributed by atoms with Crippen molar-refractivity contribution in [3.8, 4) is 11.8 Å². The number of benzene rings is 3. The topological polar surface area (TPSA) is 66.8 Å². The molecule has 3 aromatic rings. The second-order valence-electron chi connectivity index (χ2n) is 9.83. The minimum Gasteiger partial charge on any atom is -0.479 e. The first kappa shape index (κ1) is 26.8. The third-order valence-electron chi connectivity index (χ3n) is 6.25. The molecule has 184 valence electrons. The molecule has 0 saturated heterocycles. The number of carboxylic acid groups (broad SMARTS) is 1. The van der Waals surface area contributed by atoms with E-state index in [9.17, 15) is 15.0 Å². The van der Waals surface area contributed by atoms with Crippen LogP contribution in [0.2, 0.25) is 5.02 Å². The number of fused-ring (bicyclic) bond motifs is 1. The van der Waals surface area contributed by atoms with Gasteiger partial charge in [0.1, 0.15) is 5.60 Å². The van der Waals surface area contributed by atoms with Crippen molar-refractivity contribution in [1.82, 2.24) is 0 Å². The molecule has 0 spiro atoms. The van der Waals surface area contributed by atoms with Crippen molar-refractivity contribution < 1.29 is 19.7 Å². The SMILES string of the molecule is CCC(O)(C#CCc1c(C(OC(C)(C)C)C(=O)O)ccc2ccccc12)C(C)c1ccc(Cl)cc1. The second kappa shape index (κ2) is 10.8. The van der Waals surface area contributed by atoms with E-state index in [-0.39, 0.29) is 12.3 Å². The van der Waals surface area contributed by atoms with Crippen molar-refractivity contribution in [3.05, 3.63) is 82.4 Å². The molecule has 0 fully saturated rings. The zero-order valence-corrected chi connectivity index (χ0v) is 21.7. The van der Waals surface area contributed by atoms with Crippen LogP contribution in [0.25, 0.3) is 10.8 Å². The number of carbonyl (C=O) groups is 1. The molecule has 5 heteroatoms. The largest absolute Gasteiger partial charge is 0.479 e. The Labute approximate surface area is 212 Å². The zero-order valence-electron chi connectivity index (χ0n) is 20.9. The van der Waals surface area contributed by atoms with Crippen molar-refractivity contribution in [2.45, 2.75) is 70.7 Å². The van der Waals surface area contributed by atoms with Gasteiger partial charge in [-0.3, -0.25) is 0 Å². The van der Waals surface area contributed by atoms with Crippen LogP contribution in [0.15, 0.2) is 60.7 Å². The number of rotatable bonds is 7. The summed E-state index contributed by atoms with van der Waals surface area (Å²) in [7, 11) is 0. The average molecular weight is 493 g/mol. The fraction of sp³-hybridized carbons (Fsp3) is 0.367. The second-order valence-corrected chi connectivity index (χ2v) is 10.3. The number of ether oxygens (including phenoxy) is 1. The third kappa shape index (κ3) is 6.44. The molecule has 3 rings (SSSR count).